The largest absolute Gasteiger partial charge is 0.497 e. The van der Waals surface area contributed by atoms with E-state index in [1.165, 1.54) is 25.3 Å². The van der Waals surface area contributed by atoms with Crippen molar-refractivity contribution in [2.24, 2.45) is 5.73 Å². The quantitative estimate of drug-likeness (QED) is 0.859. The Balaban J connectivity index is 0.00000225. The Morgan fingerprint density at radius 2 is 2.12 bits per heavy atom. The molecule has 1 rings (SSSR count). The van der Waals surface area contributed by atoms with Crippen molar-refractivity contribution in [3.8, 4) is 5.75 Å². The van der Waals surface area contributed by atoms with Gasteiger partial charge in [-0.3, -0.25) is 0 Å². The van der Waals surface area contributed by atoms with Crippen molar-refractivity contribution >= 4 is 12.4 Å². The summed E-state index contributed by atoms with van der Waals surface area (Å²) in [7, 11) is 1.50. The Bertz CT molecular complexity index is 336. The summed E-state index contributed by atoms with van der Waals surface area (Å²) in [6.45, 7) is 1.79. The van der Waals surface area contributed by atoms with Crippen LogP contribution in [0, 0.1) is 5.82 Å². The van der Waals surface area contributed by atoms with Gasteiger partial charge in [-0.25, -0.2) is 4.39 Å². The average Bonchev–Trinajstić information content (AvgIpc) is 2.27. The van der Waals surface area contributed by atoms with Crippen molar-refractivity contribution in [3.63, 3.8) is 0 Å². The highest BCUT2D eigenvalue weighted by molar-refractivity contribution is 5.85. The number of hydrogen-bond donors (Lipinski definition) is 2. The predicted octanol–water partition coefficient (Wildman–Crippen LogP) is 2.03. The second kappa shape index (κ2) is 6.68. The van der Waals surface area contributed by atoms with E-state index >= 15 is 0 Å². The second-order valence-electron chi connectivity index (χ2n) is 3.39. The Morgan fingerprint density at radius 1 is 1.50 bits per heavy atom. The molecule has 1 aromatic carbocycles. The first kappa shape index (κ1) is 15.2. The zero-order chi connectivity index (χ0) is 11.4. The third-order valence-corrected chi connectivity index (χ3v) is 2.40. The molecule has 0 aliphatic heterocycles. The number of ether oxygens (including phenoxy) is 1. The second-order valence-corrected chi connectivity index (χ2v) is 3.39. The van der Waals surface area contributed by atoms with Gasteiger partial charge in [-0.15, -0.1) is 12.4 Å². The van der Waals surface area contributed by atoms with Crippen LogP contribution in [0.1, 0.15) is 24.9 Å². The highest BCUT2D eigenvalue weighted by Crippen LogP contribution is 2.24. The van der Waals surface area contributed by atoms with Crippen molar-refractivity contribution in [2.45, 2.75) is 25.5 Å². The number of benzene rings is 1. The lowest BCUT2D eigenvalue weighted by Gasteiger charge is -2.18. The number of nitrogens with two attached hydrogens (primary N) is 1. The molecule has 5 heteroatoms. The van der Waals surface area contributed by atoms with Gasteiger partial charge in [-0.2, -0.15) is 0 Å². The molecule has 1 aromatic rings. The lowest BCUT2D eigenvalue weighted by atomic mass is 10.00. The normalized spacial score (nSPS) is 13.8. The first-order valence-electron chi connectivity index (χ1n) is 4.87. The van der Waals surface area contributed by atoms with E-state index in [0.29, 0.717) is 12.2 Å². The Labute approximate surface area is 101 Å². The van der Waals surface area contributed by atoms with Gasteiger partial charge < -0.3 is 15.6 Å². The van der Waals surface area contributed by atoms with Crippen molar-refractivity contribution in [3.05, 3.63) is 29.6 Å². The van der Waals surface area contributed by atoms with E-state index in [-0.39, 0.29) is 18.0 Å². The maximum atomic E-state index is 13.4. The van der Waals surface area contributed by atoms with Gasteiger partial charge >= 0.3 is 0 Å². The number of hydrogen-bond acceptors (Lipinski definition) is 3. The molecule has 0 aliphatic carbocycles. The molecule has 92 valence electrons. The maximum Gasteiger partial charge on any atom is 0.128 e. The summed E-state index contributed by atoms with van der Waals surface area (Å²) in [5.41, 5.74) is 6.01. The third kappa shape index (κ3) is 3.33. The van der Waals surface area contributed by atoms with Crippen LogP contribution in [0.15, 0.2) is 18.2 Å². The fraction of sp³-hybridized carbons (Fsp3) is 0.455. The van der Waals surface area contributed by atoms with Gasteiger partial charge in [0, 0.05) is 5.56 Å². The Hall–Kier alpha value is -0.840. The van der Waals surface area contributed by atoms with Crippen LogP contribution in [0.25, 0.3) is 0 Å². The molecule has 3 N–H and O–H groups in total. The van der Waals surface area contributed by atoms with Crippen LogP contribution in [0.3, 0.4) is 0 Å². The first-order valence-corrected chi connectivity index (χ1v) is 4.87. The van der Waals surface area contributed by atoms with E-state index in [2.05, 4.69) is 0 Å². The smallest absolute Gasteiger partial charge is 0.128 e. The van der Waals surface area contributed by atoms with Crippen LogP contribution in [0.2, 0.25) is 0 Å². The maximum absolute atomic E-state index is 13.4. The molecule has 0 saturated carbocycles. The van der Waals surface area contributed by atoms with E-state index < -0.39 is 18.0 Å². The zero-order valence-corrected chi connectivity index (χ0v) is 10.1. The molecule has 0 spiro atoms. The Kier molecular flexibility index (Phi) is 6.33. The minimum Gasteiger partial charge on any atom is -0.497 e. The molecule has 0 radical (unpaired) electrons. The summed E-state index contributed by atoms with van der Waals surface area (Å²) in [4.78, 5) is 0. The average molecular weight is 250 g/mol. The van der Waals surface area contributed by atoms with Gasteiger partial charge in [0.25, 0.3) is 0 Å². The molecule has 2 atom stereocenters. The van der Waals surface area contributed by atoms with Crippen LogP contribution in [0.5, 0.6) is 5.75 Å². The third-order valence-electron chi connectivity index (χ3n) is 2.40. The number of methoxy groups -OCH3 is 1. The number of aliphatic hydroxyl groups is 1. The minimum atomic E-state index is -0.744. The molecule has 0 aromatic heterocycles. The molecule has 0 bridgehead atoms. The van der Waals surface area contributed by atoms with E-state index in [1.807, 2.05) is 0 Å². The molecule has 0 heterocycles. The SMILES string of the molecule is CC[C@H](O)[C@H](N)c1cc(OC)ccc1F.Cl. The Morgan fingerprint density at radius 3 is 2.62 bits per heavy atom. The van der Waals surface area contributed by atoms with Crippen LogP contribution >= 0.6 is 12.4 Å². The molecule has 0 saturated heterocycles. The topological polar surface area (TPSA) is 55.5 Å². The standard InChI is InChI=1S/C11H16FNO2.ClH/c1-3-10(14)11(13)8-6-7(15-2)4-5-9(8)12;/h4-6,10-11,14H,3,13H2,1-2H3;1H/t10-,11+;/m0./s1. The summed E-state index contributed by atoms with van der Waals surface area (Å²) in [6, 6.07) is 3.60. The molecular weight excluding hydrogens is 233 g/mol. The lowest BCUT2D eigenvalue weighted by molar-refractivity contribution is 0.139. The minimum absolute atomic E-state index is 0. The molecule has 0 unspecified atom stereocenters. The van der Waals surface area contributed by atoms with Crippen LogP contribution in [0.4, 0.5) is 4.39 Å². The molecule has 0 aliphatic rings. The predicted molar refractivity (Wildman–Crippen MR) is 63.4 cm³/mol. The van der Waals surface area contributed by atoms with E-state index in [1.54, 1.807) is 6.92 Å². The molecule has 0 amide bonds. The summed E-state index contributed by atoms with van der Waals surface area (Å²) >= 11 is 0. The van der Waals surface area contributed by atoms with Gasteiger partial charge in [-0.1, -0.05) is 6.92 Å². The molecule has 0 fully saturated rings. The zero-order valence-electron chi connectivity index (χ0n) is 9.31. The van der Waals surface area contributed by atoms with E-state index in [4.69, 9.17) is 10.5 Å². The number of aliphatic hydroxyl groups excluding tert-OH is 1. The monoisotopic (exact) mass is 249 g/mol. The molecule has 3 nitrogen and oxygen atoms in total. The van der Waals surface area contributed by atoms with Gasteiger partial charge in [0.1, 0.15) is 11.6 Å². The first-order chi connectivity index (χ1) is 7.10. The highest BCUT2D eigenvalue weighted by Gasteiger charge is 2.19. The molecular formula is C11H17ClFNO2. The summed E-state index contributed by atoms with van der Waals surface area (Å²) < 4.78 is 18.4. The van der Waals surface area contributed by atoms with Crippen LogP contribution in [-0.4, -0.2) is 18.3 Å². The van der Waals surface area contributed by atoms with Crippen molar-refractivity contribution in [2.75, 3.05) is 7.11 Å². The van der Waals surface area contributed by atoms with E-state index in [0.717, 1.165) is 0 Å². The summed E-state index contributed by atoms with van der Waals surface area (Å²) in [5, 5.41) is 9.54. The van der Waals surface area contributed by atoms with Gasteiger partial charge in [0.05, 0.1) is 19.3 Å². The van der Waals surface area contributed by atoms with Gasteiger partial charge in [0.2, 0.25) is 0 Å². The van der Waals surface area contributed by atoms with Crippen molar-refractivity contribution in [1.82, 2.24) is 0 Å². The van der Waals surface area contributed by atoms with Gasteiger partial charge in [0.15, 0.2) is 0 Å². The fourth-order valence-corrected chi connectivity index (χ4v) is 1.37. The fourth-order valence-electron chi connectivity index (χ4n) is 1.37. The van der Waals surface area contributed by atoms with E-state index in [9.17, 15) is 9.50 Å². The van der Waals surface area contributed by atoms with Crippen molar-refractivity contribution in [1.29, 1.82) is 0 Å². The van der Waals surface area contributed by atoms with Gasteiger partial charge in [-0.05, 0) is 24.6 Å². The summed E-state index contributed by atoms with van der Waals surface area (Å²) in [6.07, 6.45) is -0.260. The number of halogens is 2. The summed E-state index contributed by atoms with van der Waals surface area (Å²) in [5.74, 6) is 0.112. The molecule has 16 heavy (non-hydrogen) atoms. The number of rotatable bonds is 4. The van der Waals surface area contributed by atoms with Crippen molar-refractivity contribution < 1.29 is 14.2 Å². The van der Waals surface area contributed by atoms with Crippen LogP contribution in [-0.2, 0) is 0 Å². The van der Waals surface area contributed by atoms with Crippen LogP contribution < -0.4 is 10.5 Å². The lowest BCUT2D eigenvalue weighted by Crippen LogP contribution is -2.26. The highest BCUT2D eigenvalue weighted by atomic mass is 35.5.